The number of benzene rings is 3. The van der Waals surface area contributed by atoms with E-state index >= 15 is 0 Å². The van der Waals surface area contributed by atoms with E-state index in [2.05, 4.69) is 58.9 Å². The first kappa shape index (κ1) is 27.3. The zero-order valence-electron chi connectivity index (χ0n) is 27.4. The smallest absolute Gasteiger partial charge is 0.218 e. The Morgan fingerprint density at radius 1 is 0.795 bits per heavy atom. The molecule has 0 spiro atoms. The minimum Gasteiger partial charge on any atom is -0.486 e. The van der Waals surface area contributed by atoms with Crippen molar-refractivity contribution in [1.82, 2.24) is 15.0 Å². The van der Waals surface area contributed by atoms with Gasteiger partial charge in [-0.1, -0.05) is 79.1 Å². The van der Waals surface area contributed by atoms with Gasteiger partial charge < -0.3 is 14.4 Å². The van der Waals surface area contributed by atoms with Gasteiger partial charge in [-0.15, -0.1) is 54.1 Å². The van der Waals surface area contributed by atoms with Crippen molar-refractivity contribution in [2.45, 2.75) is 26.5 Å². The second-order valence-corrected chi connectivity index (χ2v) is 16.2. The fourth-order valence-electron chi connectivity index (χ4n) is 4.78. The summed E-state index contributed by atoms with van der Waals surface area (Å²) in [6.45, 7) is 4.66. The number of halogens is 1. The first-order chi connectivity index (χ1) is 22.0. The maximum Gasteiger partial charge on any atom is 0.218 e. The van der Waals surface area contributed by atoms with E-state index in [9.17, 15) is 4.39 Å². The summed E-state index contributed by atoms with van der Waals surface area (Å²) < 4.78 is 43.4. The van der Waals surface area contributed by atoms with Crippen molar-refractivity contribution >= 4 is 35.3 Å². The van der Waals surface area contributed by atoms with Gasteiger partial charge in [-0.25, -0.2) is 0 Å². The van der Waals surface area contributed by atoms with Crippen molar-refractivity contribution in [3.63, 3.8) is 0 Å². The topological polar surface area (TPSA) is 51.8 Å². The average Bonchev–Trinajstić information content (AvgIpc) is 3.43. The fourth-order valence-corrected chi connectivity index (χ4v) is 5.81. The number of fused-ring (bicyclic) bond motifs is 3. The zero-order chi connectivity index (χ0) is 32.5. The minimum absolute atomic E-state index is 0. The molecule has 7 aromatic rings. The quantitative estimate of drug-likeness (QED) is 0.102. The molecule has 0 aliphatic heterocycles. The molecule has 0 atom stereocenters. The summed E-state index contributed by atoms with van der Waals surface area (Å²) in [7, 11) is -1.23. The van der Waals surface area contributed by atoms with Crippen molar-refractivity contribution < 1.29 is 33.0 Å². The molecule has 3 aromatic carbocycles. The first-order valence-corrected chi connectivity index (χ1v) is 17.4. The van der Waals surface area contributed by atoms with Crippen LogP contribution < -0.4 is 5.19 Å². The van der Waals surface area contributed by atoms with Gasteiger partial charge >= 0.3 is 0 Å². The van der Waals surface area contributed by atoms with Crippen LogP contribution in [0.5, 0.6) is 0 Å². The molecule has 4 heterocycles. The van der Waals surface area contributed by atoms with Gasteiger partial charge in [-0.3, -0.25) is 0 Å². The van der Waals surface area contributed by atoms with Crippen molar-refractivity contribution in [1.29, 1.82) is 0 Å². The molecule has 0 N–H and O–H groups in total. The van der Waals surface area contributed by atoms with Crippen LogP contribution in [0.2, 0.25) is 19.6 Å². The largest absolute Gasteiger partial charge is 0.486 e. The molecule has 0 fully saturated rings. The summed E-state index contributed by atoms with van der Waals surface area (Å²) in [6, 6.07) is 35.7. The Hall–Kier alpha value is -4.29. The van der Waals surface area contributed by atoms with Gasteiger partial charge in [0.1, 0.15) is 0 Å². The van der Waals surface area contributed by atoms with Gasteiger partial charge in [0.25, 0.3) is 0 Å². The summed E-state index contributed by atoms with van der Waals surface area (Å²) in [4.78, 5) is 12.8. The van der Waals surface area contributed by atoms with Gasteiger partial charge in [0.2, 0.25) is 11.7 Å². The predicted octanol–water partition coefficient (Wildman–Crippen LogP) is 9.05. The van der Waals surface area contributed by atoms with Crippen LogP contribution in [0.15, 0.2) is 114 Å². The van der Waals surface area contributed by atoms with Gasteiger partial charge in [0.05, 0.1) is 13.7 Å². The van der Waals surface area contributed by atoms with E-state index in [-0.39, 0.29) is 31.4 Å². The molecule has 0 amide bonds. The Morgan fingerprint density at radius 3 is 2.30 bits per heavy atom. The molecular formula is C37H30FIrN3OSi-2. The molecule has 0 saturated carbocycles. The minimum atomic E-state index is -2.34. The number of aryl methyl sites for hydroxylation is 1. The molecule has 0 aliphatic carbocycles. The fraction of sp³-hybridized carbons (Fsp3) is 0.108. The van der Waals surface area contributed by atoms with Crippen molar-refractivity contribution in [2.75, 3.05) is 0 Å². The molecule has 7 heteroatoms. The molecule has 4 aromatic heterocycles. The van der Waals surface area contributed by atoms with Crippen LogP contribution >= 0.6 is 0 Å². The van der Waals surface area contributed by atoms with Gasteiger partial charge in [-0.05, 0) is 46.7 Å². The molecule has 0 unspecified atom stereocenters. The van der Waals surface area contributed by atoms with Gasteiger partial charge in [0, 0.05) is 47.6 Å². The summed E-state index contributed by atoms with van der Waals surface area (Å²) in [5.74, 6) is -0.637. The molecular weight excluding hydrogens is 742 g/mol. The third-order valence-corrected chi connectivity index (χ3v) is 9.15. The SMILES string of the molecule is C[Si](C)(C)c1ccc(-c2[c-]cccc2)nc1.[2H]C([2H])([2H])c1cc(-c2[c-]ccc3c2oc2nc(F)ccc23)ncc1-c1ccccc1.[Ir]. The summed E-state index contributed by atoms with van der Waals surface area (Å²) >= 11 is 0. The summed E-state index contributed by atoms with van der Waals surface area (Å²) in [5, 5.41) is 2.79. The molecule has 221 valence electrons. The Bertz CT molecular complexity index is 2130. The number of hydrogen-bond acceptors (Lipinski definition) is 4. The standard InChI is InChI=1S/C23H14FN2O.C14H16NSi.Ir/c1-14-12-20(25-13-19(14)15-6-3-2-4-7-15)18-9-5-8-16-17-10-11-21(24)26-23(17)27-22(16)18;1-16(2,3)13-9-10-14(15-11-13)12-7-5-4-6-8-12;/h2-8,10-13H,1H3;4-7,9-11H,1-3H3;/q2*-1;/i1D3;;. The molecule has 7 rings (SSSR count). The molecule has 0 bridgehead atoms. The van der Waals surface area contributed by atoms with Crippen molar-refractivity contribution in [3.05, 3.63) is 133 Å². The van der Waals surface area contributed by atoms with Crippen LogP contribution in [-0.2, 0) is 20.1 Å². The first-order valence-electron chi connectivity index (χ1n) is 15.4. The van der Waals surface area contributed by atoms with Crippen LogP contribution in [0.4, 0.5) is 4.39 Å². The summed E-state index contributed by atoms with van der Waals surface area (Å²) in [6.07, 6.45) is 3.57. The van der Waals surface area contributed by atoms with E-state index in [4.69, 9.17) is 8.53 Å². The Balaban J connectivity index is 0.000000217. The molecule has 1 radical (unpaired) electrons. The van der Waals surface area contributed by atoms with E-state index in [0.717, 1.165) is 22.2 Å². The normalized spacial score (nSPS) is 12.4. The number of hydrogen-bond donors (Lipinski definition) is 0. The maximum atomic E-state index is 13.5. The monoisotopic (exact) mass is 775 g/mol. The molecule has 4 nitrogen and oxygen atoms in total. The Kier molecular flexibility index (Phi) is 8.15. The Morgan fingerprint density at radius 2 is 1.59 bits per heavy atom. The van der Waals surface area contributed by atoms with Gasteiger partial charge in [0.15, 0.2) is 0 Å². The van der Waals surface area contributed by atoms with Crippen molar-refractivity contribution in [2.24, 2.45) is 0 Å². The zero-order valence-corrected chi connectivity index (χ0v) is 27.7. The van der Waals surface area contributed by atoms with Crippen LogP contribution in [0, 0.1) is 24.9 Å². The number of nitrogens with zero attached hydrogens (tertiary/aromatic N) is 3. The van der Waals surface area contributed by atoms with Crippen molar-refractivity contribution in [3.8, 4) is 33.6 Å². The van der Waals surface area contributed by atoms with Crippen LogP contribution in [0.25, 0.3) is 55.7 Å². The third-order valence-electron chi connectivity index (χ3n) is 7.12. The number of rotatable bonds is 4. The summed E-state index contributed by atoms with van der Waals surface area (Å²) in [5.41, 5.74) is 5.07. The van der Waals surface area contributed by atoms with Gasteiger partial charge in [-0.2, -0.15) is 9.37 Å². The van der Waals surface area contributed by atoms with Crippen LogP contribution in [-0.4, -0.2) is 23.0 Å². The maximum absolute atomic E-state index is 13.5. The van der Waals surface area contributed by atoms with E-state index in [1.54, 1.807) is 30.5 Å². The number of aromatic nitrogens is 3. The Labute approximate surface area is 275 Å². The number of pyridine rings is 3. The average molecular weight is 775 g/mol. The molecule has 0 saturated heterocycles. The third kappa shape index (κ3) is 6.60. The van der Waals surface area contributed by atoms with Crippen LogP contribution in [0.3, 0.4) is 0 Å². The predicted molar refractivity (Wildman–Crippen MR) is 175 cm³/mol. The second-order valence-electron chi connectivity index (χ2n) is 11.1. The number of furan rings is 1. The van der Waals surface area contributed by atoms with E-state index in [0.29, 0.717) is 27.8 Å². The van der Waals surface area contributed by atoms with E-state index in [1.165, 1.54) is 11.3 Å². The van der Waals surface area contributed by atoms with E-state index in [1.807, 2.05) is 60.8 Å². The van der Waals surface area contributed by atoms with Crippen LogP contribution in [0.1, 0.15) is 9.68 Å². The second kappa shape index (κ2) is 13.1. The molecule has 44 heavy (non-hydrogen) atoms. The van der Waals surface area contributed by atoms with E-state index < -0.39 is 20.9 Å². The molecule has 0 aliphatic rings.